The van der Waals surface area contributed by atoms with E-state index >= 15 is 0 Å². The average molecular weight is 588 g/mol. The van der Waals surface area contributed by atoms with Crippen LogP contribution in [0.25, 0.3) is 0 Å². The fourth-order valence-corrected chi connectivity index (χ4v) is 6.33. The zero-order valence-corrected chi connectivity index (χ0v) is 23.6. The lowest BCUT2D eigenvalue weighted by Gasteiger charge is -2.12. The SMILES string of the molecule is Oc1ccc(Oc2ccc([S+](c3ccc(Oc4ccc(O)cc4)cc3)c3ccc(Oc4ccc(O)cc4)cc3)cc2)cc1. The van der Waals surface area contributed by atoms with E-state index in [9.17, 15) is 15.3 Å². The summed E-state index contributed by atoms with van der Waals surface area (Å²) in [6.07, 6.45) is 0. The highest BCUT2D eigenvalue weighted by atomic mass is 32.2. The Labute approximate surface area is 252 Å². The van der Waals surface area contributed by atoms with E-state index in [4.69, 9.17) is 14.2 Å². The second-order valence-corrected chi connectivity index (χ2v) is 11.5. The lowest BCUT2D eigenvalue weighted by atomic mass is 10.3. The van der Waals surface area contributed by atoms with Gasteiger partial charge in [0, 0.05) is 0 Å². The summed E-state index contributed by atoms with van der Waals surface area (Å²) in [5.74, 6) is 4.53. The predicted octanol–water partition coefficient (Wildman–Crippen LogP) is 9.28. The normalized spacial score (nSPS) is 10.8. The molecule has 7 heteroatoms. The maximum absolute atomic E-state index is 9.55. The lowest BCUT2D eigenvalue weighted by Crippen LogP contribution is -2.05. The van der Waals surface area contributed by atoms with Crippen LogP contribution in [0.2, 0.25) is 0 Å². The Morgan fingerprint density at radius 2 is 0.465 bits per heavy atom. The molecule has 0 heterocycles. The predicted molar refractivity (Wildman–Crippen MR) is 166 cm³/mol. The number of ether oxygens (including phenoxy) is 3. The van der Waals surface area contributed by atoms with Gasteiger partial charge in [-0.05, 0) is 146 Å². The molecule has 6 nitrogen and oxygen atoms in total. The minimum Gasteiger partial charge on any atom is -0.508 e. The van der Waals surface area contributed by atoms with Crippen molar-refractivity contribution in [1.29, 1.82) is 0 Å². The summed E-state index contributed by atoms with van der Waals surface area (Å²) in [5, 5.41) is 28.6. The second-order valence-electron chi connectivity index (χ2n) is 9.51. The number of phenolic OH excluding ortho intramolecular Hbond substituents is 3. The van der Waals surface area contributed by atoms with Gasteiger partial charge in [0.1, 0.15) is 51.7 Å². The highest BCUT2D eigenvalue weighted by molar-refractivity contribution is 7.97. The van der Waals surface area contributed by atoms with Crippen LogP contribution in [0.15, 0.2) is 160 Å². The molecular weight excluding hydrogens is 560 g/mol. The van der Waals surface area contributed by atoms with Crippen LogP contribution in [0.5, 0.6) is 51.7 Å². The van der Waals surface area contributed by atoms with Crippen molar-refractivity contribution in [2.45, 2.75) is 14.7 Å². The molecule has 0 aromatic heterocycles. The van der Waals surface area contributed by atoms with Gasteiger partial charge in [-0.2, -0.15) is 0 Å². The summed E-state index contributed by atoms with van der Waals surface area (Å²) in [7, 11) is -0.454. The number of rotatable bonds is 9. The van der Waals surface area contributed by atoms with Crippen molar-refractivity contribution in [1.82, 2.24) is 0 Å². The fraction of sp³-hybridized carbons (Fsp3) is 0. The van der Waals surface area contributed by atoms with Gasteiger partial charge in [-0.25, -0.2) is 0 Å². The lowest BCUT2D eigenvalue weighted by molar-refractivity contribution is 0.464. The van der Waals surface area contributed by atoms with Crippen molar-refractivity contribution >= 4 is 10.9 Å². The summed E-state index contributed by atoms with van der Waals surface area (Å²) < 4.78 is 17.9. The van der Waals surface area contributed by atoms with Crippen molar-refractivity contribution in [3.8, 4) is 51.7 Å². The van der Waals surface area contributed by atoms with Gasteiger partial charge in [0.2, 0.25) is 0 Å². The molecule has 0 aliphatic rings. The van der Waals surface area contributed by atoms with E-state index in [-0.39, 0.29) is 17.2 Å². The zero-order valence-electron chi connectivity index (χ0n) is 22.8. The fourth-order valence-electron chi connectivity index (χ4n) is 4.29. The third-order valence-electron chi connectivity index (χ3n) is 6.40. The summed E-state index contributed by atoms with van der Waals surface area (Å²) in [6, 6.07) is 43.8. The number of hydrogen-bond donors (Lipinski definition) is 3. The largest absolute Gasteiger partial charge is 0.508 e. The molecule has 0 aliphatic heterocycles. The number of aromatic hydroxyl groups is 3. The van der Waals surface area contributed by atoms with E-state index in [1.807, 2.05) is 36.4 Å². The molecule has 0 saturated carbocycles. The quantitative estimate of drug-likeness (QED) is 0.146. The van der Waals surface area contributed by atoms with Crippen molar-refractivity contribution in [3.05, 3.63) is 146 Å². The molecule has 0 saturated heterocycles. The number of phenols is 3. The first kappa shape index (κ1) is 27.6. The molecule has 43 heavy (non-hydrogen) atoms. The maximum Gasteiger partial charge on any atom is 0.166 e. The Balaban J connectivity index is 1.27. The van der Waals surface area contributed by atoms with Gasteiger partial charge in [0.15, 0.2) is 14.7 Å². The highest BCUT2D eigenvalue weighted by Gasteiger charge is 2.29. The third kappa shape index (κ3) is 7.04. The van der Waals surface area contributed by atoms with Gasteiger partial charge in [-0.15, -0.1) is 0 Å². The number of hydrogen-bond acceptors (Lipinski definition) is 6. The molecule has 0 amide bonds. The average Bonchev–Trinajstić information content (AvgIpc) is 3.03. The van der Waals surface area contributed by atoms with Crippen LogP contribution in [0, 0.1) is 0 Å². The Morgan fingerprint density at radius 1 is 0.279 bits per heavy atom. The molecule has 212 valence electrons. The van der Waals surface area contributed by atoms with Crippen LogP contribution in [-0.4, -0.2) is 15.3 Å². The summed E-state index contributed by atoms with van der Waals surface area (Å²) in [6.45, 7) is 0. The van der Waals surface area contributed by atoms with Crippen LogP contribution in [0.1, 0.15) is 0 Å². The molecule has 0 unspecified atom stereocenters. The minimum atomic E-state index is -0.454. The topological polar surface area (TPSA) is 88.4 Å². The van der Waals surface area contributed by atoms with Crippen LogP contribution < -0.4 is 14.2 Å². The maximum atomic E-state index is 9.55. The van der Waals surface area contributed by atoms with Gasteiger partial charge >= 0.3 is 0 Å². The van der Waals surface area contributed by atoms with E-state index in [1.54, 1.807) is 72.8 Å². The standard InChI is InChI=1S/C36H26O6S/c37-25-1-7-28(8-2-25)40-31-13-19-34(20-14-31)43(35-21-15-32(16-22-35)41-29-9-3-26(38)4-10-29)36-23-17-33(18-24-36)42-30-11-5-27(39)6-12-30/h1-24H,(H2-,37,38,39)/p+1. The van der Waals surface area contributed by atoms with E-state index < -0.39 is 10.9 Å². The van der Waals surface area contributed by atoms with Crippen LogP contribution in [0.4, 0.5) is 0 Å². The van der Waals surface area contributed by atoms with Crippen molar-refractivity contribution < 1.29 is 29.5 Å². The van der Waals surface area contributed by atoms with Gasteiger partial charge < -0.3 is 29.5 Å². The Kier molecular flexibility index (Phi) is 8.06. The van der Waals surface area contributed by atoms with E-state index in [2.05, 4.69) is 36.4 Å². The first-order chi connectivity index (χ1) is 21.0. The van der Waals surface area contributed by atoms with Gasteiger partial charge in [-0.3, -0.25) is 0 Å². The summed E-state index contributed by atoms with van der Waals surface area (Å²) >= 11 is 0. The molecule has 0 bridgehead atoms. The number of benzene rings is 6. The molecule has 0 fully saturated rings. The molecular formula is C36H27O6S+. The highest BCUT2D eigenvalue weighted by Crippen LogP contribution is 2.36. The third-order valence-corrected chi connectivity index (χ3v) is 8.63. The zero-order chi connectivity index (χ0) is 29.6. The van der Waals surface area contributed by atoms with E-state index in [1.165, 1.54) is 0 Å². The molecule has 6 aromatic rings. The molecule has 3 N–H and O–H groups in total. The van der Waals surface area contributed by atoms with E-state index in [0.29, 0.717) is 34.5 Å². The summed E-state index contributed by atoms with van der Waals surface area (Å²) in [5.41, 5.74) is 0. The monoisotopic (exact) mass is 587 g/mol. The van der Waals surface area contributed by atoms with Crippen LogP contribution in [0.3, 0.4) is 0 Å². The molecule has 0 spiro atoms. The van der Waals surface area contributed by atoms with Gasteiger partial charge in [0.05, 0.1) is 10.9 Å². The smallest absolute Gasteiger partial charge is 0.166 e. The Hall–Kier alpha value is -5.53. The second kappa shape index (κ2) is 12.5. The van der Waals surface area contributed by atoms with Crippen molar-refractivity contribution in [2.75, 3.05) is 0 Å². The molecule has 6 aromatic carbocycles. The molecule has 0 radical (unpaired) electrons. The Morgan fingerprint density at radius 3 is 0.674 bits per heavy atom. The minimum absolute atomic E-state index is 0.186. The Bertz CT molecular complexity index is 1550. The first-order valence-corrected chi connectivity index (χ1v) is 14.7. The van der Waals surface area contributed by atoms with Gasteiger partial charge in [-0.1, -0.05) is 0 Å². The first-order valence-electron chi connectivity index (χ1n) is 13.4. The van der Waals surface area contributed by atoms with Gasteiger partial charge in [0.25, 0.3) is 0 Å². The molecule has 6 rings (SSSR count). The van der Waals surface area contributed by atoms with Crippen LogP contribution >= 0.6 is 0 Å². The van der Waals surface area contributed by atoms with E-state index in [0.717, 1.165) is 14.7 Å². The summed E-state index contributed by atoms with van der Waals surface area (Å²) in [4.78, 5) is 3.28. The molecule has 0 aliphatic carbocycles. The van der Waals surface area contributed by atoms with Crippen LogP contribution in [-0.2, 0) is 10.9 Å². The molecule has 0 atom stereocenters. The van der Waals surface area contributed by atoms with Crippen molar-refractivity contribution in [2.24, 2.45) is 0 Å². The van der Waals surface area contributed by atoms with Crippen molar-refractivity contribution in [3.63, 3.8) is 0 Å².